The quantitative estimate of drug-likeness (QED) is 0.839. The van der Waals surface area contributed by atoms with Crippen molar-refractivity contribution in [2.24, 2.45) is 5.92 Å². The van der Waals surface area contributed by atoms with E-state index in [1.165, 1.54) is 37.9 Å². The summed E-state index contributed by atoms with van der Waals surface area (Å²) in [4.78, 5) is 19.5. The van der Waals surface area contributed by atoms with Gasteiger partial charge in [0.2, 0.25) is 0 Å². The van der Waals surface area contributed by atoms with Gasteiger partial charge in [0.05, 0.1) is 12.3 Å². The third kappa shape index (κ3) is 3.50. The lowest BCUT2D eigenvalue weighted by Crippen LogP contribution is -2.37. The number of aromatic nitrogens is 2. The van der Waals surface area contributed by atoms with Crippen molar-refractivity contribution in [1.82, 2.24) is 15.3 Å². The Morgan fingerprint density at radius 3 is 2.83 bits per heavy atom. The van der Waals surface area contributed by atoms with Crippen LogP contribution in [0.5, 0.6) is 0 Å². The summed E-state index contributed by atoms with van der Waals surface area (Å²) in [5, 5.41) is 12.7. The molecular weight excluding hydrogens is 230 g/mol. The summed E-state index contributed by atoms with van der Waals surface area (Å²) in [6.45, 7) is 0.292. The van der Waals surface area contributed by atoms with Crippen molar-refractivity contribution in [2.45, 2.75) is 38.2 Å². The third-order valence-electron chi connectivity index (χ3n) is 3.46. The number of rotatable bonds is 4. The molecule has 1 aromatic rings. The topological polar surface area (TPSA) is 75.1 Å². The zero-order chi connectivity index (χ0) is 12.8. The average molecular weight is 249 g/mol. The first-order chi connectivity index (χ1) is 8.77. The van der Waals surface area contributed by atoms with Crippen LogP contribution in [0.4, 0.5) is 0 Å². The fraction of sp³-hybridized carbons (Fsp3) is 0.615. The highest BCUT2D eigenvalue weighted by Gasteiger charge is 2.22. The van der Waals surface area contributed by atoms with Crippen molar-refractivity contribution >= 4 is 5.91 Å². The highest BCUT2D eigenvalue weighted by molar-refractivity contribution is 5.91. The number of nitrogens with zero attached hydrogens (tertiary/aromatic N) is 2. The van der Waals surface area contributed by atoms with E-state index in [0.29, 0.717) is 12.5 Å². The van der Waals surface area contributed by atoms with E-state index in [0.717, 1.165) is 12.8 Å². The lowest BCUT2D eigenvalue weighted by molar-refractivity contribution is 0.0735. The average Bonchev–Trinajstić information content (AvgIpc) is 2.46. The third-order valence-corrected chi connectivity index (χ3v) is 3.46. The molecule has 0 aliphatic heterocycles. The van der Waals surface area contributed by atoms with Crippen molar-refractivity contribution in [3.05, 3.63) is 24.3 Å². The van der Waals surface area contributed by atoms with Gasteiger partial charge < -0.3 is 10.4 Å². The van der Waals surface area contributed by atoms with Crippen LogP contribution >= 0.6 is 0 Å². The second-order valence-electron chi connectivity index (χ2n) is 4.77. The van der Waals surface area contributed by atoms with Crippen molar-refractivity contribution < 1.29 is 9.90 Å². The zero-order valence-electron chi connectivity index (χ0n) is 10.4. The summed E-state index contributed by atoms with van der Waals surface area (Å²) in [7, 11) is 0. The van der Waals surface area contributed by atoms with Gasteiger partial charge in [-0.25, -0.2) is 4.98 Å². The molecule has 0 radical (unpaired) electrons. The summed E-state index contributed by atoms with van der Waals surface area (Å²) < 4.78 is 0. The maximum absolute atomic E-state index is 11.7. The van der Waals surface area contributed by atoms with E-state index in [2.05, 4.69) is 15.3 Å². The predicted molar refractivity (Wildman–Crippen MR) is 66.9 cm³/mol. The molecule has 1 amide bonds. The van der Waals surface area contributed by atoms with Crippen molar-refractivity contribution in [1.29, 1.82) is 0 Å². The smallest absolute Gasteiger partial charge is 0.271 e. The Kier molecular flexibility index (Phi) is 4.64. The van der Waals surface area contributed by atoms with Gasteiger partial charge in [-0.15, -0.1) is 0 Å². The summed E-state index contributed by atoms with van der Waals surface area (Å²) in [6, 6.07) is 0. The molecule has 1 aliphatic rings. The Labute approximate surface area is 107 Å². The monoisotopic (exact) mass is 249 g/mol. The van der Waals surface area contributed by atoms with Gasteiger partial charge in [-0.1, -0.05) is 19.3 Å². The van der Waals surface area contributed by atoms with E-state index in [9.17, 15) is 9.90 Å². The van der Waals surface area contributed by atoms with Crippen LogP contribution in [-0.2, 0) is 0 Å². The Bertz CT molecular complexity index is 377. The number of carbonyl (C=O) groups is 1. The molecule has 1 heterocycles. The van der Waals surface area contributed by atoms with Crippen molar-refractivity contribution in [2.75, 3.05) is 6.54 Å². The van der Waals surface area contributed by atoms with Gasteiger partial charge in [0.25, 0.3) is 5.91 Å². The molecule has 1 fully saturated rings. The van der Waals surface area contributed by atoms with Gasteiger partial charge in [-0.2, -0.15) is 0 Å². The van der Waals surface area contributed by atoms with Gasteiger partial charge in [-0.3, -0.25) is 9.78 Å². The zero-order valence-corrected chi connectivity index (χ0v) is 10.4. The van der Waals surface area contributed by atoms with E-state index in [4.69, 9.17) is 0 Å². The molecule has 1 aromatic heterocycles. The van der Waals surface area contributed by atoms with Gasteiger partial charge >= 0.3 is 0 Å². The van der Waals surface area contributed by atoms with E-state index in [-0.39, 0.29) is 11.6 Å². The maximum atomic E-state index is 11.7. The van der Waals surface area contributed by atoms with Gasteiger partial charge in [-0.05, 0) is 18.8 Å². The molecule has 1 saturated carbocycles. The van der Waals surface area contributed by atoms with Crippen LogP contribution < -0.4 is 5.32 Å². The number of amides is 1. The number of hydrogen-bond acceptors (Lipinski definition) is 4. The molecule has 0 unspecified atom stereocenters. The van der Waals surface area contributed by atoms with Gasteiger partial charge in [0.1, 0.15) is 5.69 Å². The highest BCUT2D eigenvalue weighted by Crippen LogP contribution is 2.26. The first-order valence-corrected chi connectivity index (χ1v) is 6.49. The van der Waals surface area contributed by atoms with Crippen molar-refractivity contribution in [3.63, 3.8) is 0 Å². The van der Waals surface area contributed by atoms with Crippen LogP contribution in [0.3, 0.4) is 0 Å². The van der Waals surface area contributed by atoms with Crippen LogP contribution in [0, 0.1) is 5.92 Å². The number of aliphatic hydroxyl groups excluding tert-OH is 1. The van der Waals surface area contributed by atoms with Crippen LogP contribution in [0.2, 0.25) is 0 Å². The number of carbonyl (C=O) groups excluding carboxylic acids is 1. The molecule has 5 nitrogen and oxygen atoms in total. The molecule has 5 heteroatoms. The highest BCUT2D eigenvalue weighted by atomic mass is 16.3. The molecule has 0 saturated heterocycles. The minimum absolute atomic E-state index is 0.280. The molecule has 98 valence electrons. The van der Waals surface area contributed by atoms with Crippen LogP contribution in [0.1, 0.15) is 42.6 Å². The molecule has 18 heavy (non-hydrogen) atoms. The SMILES string of the molecule is O=C(NC[C@H](O)C1CCCCC1)c1cnccn1. The van der Waals surface area contributed by atoms with Crippen LogP contribution in [0.15, 0.2) is 18.6 Å². The fourth-order valence-electron chi connectivity index (χ4n) is 2.39. The van der Waals surface area contributed by atoms with E-state index < -0.39 is 6.10 Å². The second kappa shape index (κ2) is 6.44. The molecule has 1 atom stereocenters. The van der Waals surface area contributed by atoms with Gasteiger partial charge in [0, 0.05) is 18.9 Å². The summed E-state index contributed by atoms with van der Waals surface area (Å²) >= 11 is 0. The van der Waals surface area contributed by atoms with Gasteiger partial charge in [0.15, 0.2) is 0 Å². The number of aliphatic hydroxyl groups is 1. The minimum atomic E-state index is -0.453. The Morgan fingerprint density at radius 2 is 2.17 bits per heavy atom. The predicted octanol–water partition coefficient (Wildman–Crippen LogP) is 1.15. The number of nitrogens with one attached hydrogen (secondary N) is 1. The molecule has 2 N–H and O–H groups in total. The second-order valence-corrected chi connectivity index (χ2v) is 4.77. The molecule has 1 aliphatic carbocycles. The largest absolute Gasteiger partial charge is 0.391 e. The summed E-state index contributed by atoms with van der Waals surface area (Å²) in [5.74, 6) is 0.0406. The lowest BCUT2D eigenvalue weighted by Gasteiger charge is -2.26. The van der Waals surface area contributed by atoms with Crippen molar-refractivity contribution in [3.8, 4) is 0 Å². The van der Waals surface area contributed by atoms with Crippen LogP contribution in [-0.4, -0.2) is 33.6 Å². The van der Waals surface area contributed by atoms with E-state index >= 15 is 0 Å². The summed E-state index contributed by atoms with van der Waals surface area (Å²) in [5.41, 5.74) is 0.286. The number of hydrogen-bond donors (Lipinski definition) is 2. The normalized spacial score (nSPS) is 18.3. The maximum Gasteiger partial charge on any atom is 0.271 e. The first-order valence-electron chi connectivity index (χ1n) is 6.49. The summed E-state index contributed by atoms with van der Waals surface area (Å²) in [6.07, 6.45) is 9.70. The Hall–Kier alpha value is -1.49. The van der Waals surface area contributed by atoms with E-state index in [1.54, 1.807) is 0 Å². The first kappa shape index (κ1) is 13.0. The Morgan fingerprint density at radius 1 is 1.39 bits per heavy atom. The molecule has 2 rings (SSSR count). The van der Waals surface area contributed by atoms with E-state index in [1.807, 2.05) is 0 Å². The molecule has 0 spiro atoms. The fourth-order valence-corrected chi connectivity index (χ4v) is 2.39. The standard InChI is InChI=1S/C13H19N3O2/c17-12(10-4-2-1-3-5-10)9-16-13(18)11-8-14-6-7-15-11/h6-8,10,12,17H,1-5,9H2,(H,16,18)/t12-/m0/s1. The minimum Gasteiger partial charge on any atom is -0.391 e. The Balaban J connectivity index is 1.78. The molecular formula is C13H19N3O2. The molecule has 0 bridgehead atoms. The molecule has 0 aromatic carbocycles. The van der Waals surface area contributed by atoms with Crippen LogP contribution in [0.25, 0.3) is 0 Å². The lowest BCUT2D eigenvalue weighted by atomic mass is 9.85.